The lowest BCUT2D eigenvalue weighted by atomic mass is 10.1. The Morgan fingerprint density at radius 2 is 2.10 bits per heavy atom. The second-order valence-electron chi connectivity index (χ2n) is 4.70. The summed E-state index contributed by atoms with van der Waals surface area (Å²) in [5.41, 5.74) is 7.04. The van der Waals surface area contributed by atoms with Gasteiger partial charge < -0.3 is 25.8 Å². The van der Waals surface area contributed by atoms with Crippen molar-refractivity contribution < 1.29 is 20.1 Å². The van der Waals surface area contributed by atoms with Gasteiger partial charge in [-0.25, -0.2) is 4.98 Å². The first-order valence-electron chi connectivity index (χ1n) is 6.08. The van der Waals surface area contributed by atoms with E-state index in [1.54, 1.807) is 18.2 Å². The number of nitrogens with two attached hydrogens (primary N) is 1. The summed E-state index contributed by atoms with van der Waals surface area (Å²) >= 11 is 5.95. The van der Waals surface area contributed by atoms with E-state index in [1.165, 1.54) is 4.57 Å². The van der Waals surface area contributed by atoms with Gasteiger partial charge in [0, 0.05) is 5.02 Å². The molecular formula is C12H14ClN3O4. The van der Waals surface area contributed by atoms with Crippen molar-refractivity contribution in [2.24, 2.45) is 0 Å². The maximum Gasteiger partial charge on any atom is 0.203 e. The molecule has 2 aromatic rings. The molecule has 0 radical (unpaired) electrons. The number of aromatic nitrogens is 2. The molecule has 1 aliphatic rings. The van der Waals surface area contributed by atoms with Crippen LogP contribution < -0.4 is 5.73 Å². The number of nitrogens with zero attached hydrogens (tertiary/aromatic N) is 2. The van der Waals surface area contributed by atoms with Crippen molar-refractivity contribution in [1.29, 1.82) is 0 Å². The first kappa shape index (κ1) is 13.6. The van der Waals surface area contributed by atoms with Crippen LogP contribution in [0.25, 0.3) is 11.0 Å². The number of nitrogen functional groups attached to an aromatic ring is 1. The third-order valence-corrected chi connectivity index (χ3v) is 3.69. The summed E-state index contributed by atoms with van der Waals surface area (Å²) in [5, 5.41) is 29.5. The zero-order chi connectivity index (χ0) is 14.4. The summed E-state index contributed by atoms with van der Waals surface area (Å²) < 4.78 is 6.92. The Labute approximate surface area is 119 Å². The van der Waals surface area contributed by atoms with Crippen LogP contribution in [0.2, 0.25) is 5.02 Å². The average molecular weight is 300 g/mol. The summed E-state index contributed by atoms with van der Waals surface area (Å²) in [5.74, 6) is 0.136. The van der Waals surface area contributed by atoms with E-state index in [9.17, 15) is 10.2 Å². The maximum atomic E-state index is 10.1. The number of aliphatic hydroxyl groups is 3. The van der Waals surface area contributed by atoms with Gasteiger partial charge in [-0.05, 0) is 18.2 Å². The number of ether oxygens (including phenoxy) is 1. The second-order valence-corrected chi connectivity index (χ2v) is 5.14. The smallest absolute Gasteiger partial charge is 0.203 e. The van der Waals surface area contributed by atoms with Crippen LogP contribution in [0.15, 0.2) is 18.2 Å². The van der Waals surface area contributed by atoms with Crippen LogP contribution in [0.5, 0.6) is 0 Å². The third-order valence-electron chi connectivity index (χ3n) is 3.45. The Morgan fingerprint density at radius 3 is 2.75 bits per heavy atom. The van der Waals surface area contributed by atoms with E-state index in [0.29, 0.717) is 16.1 Å². The maximum absolute atomic E-state index is 10.1. The number of aliphatic hydroxyl groups excluding tert-OH is 3. The summed E-state index contributed by atoms with van der Waals surface area (Å²) in [6.45, 7) is -0.401. The highest BCUT2D eigenvalue weighted by Crippen LogP contribution is 2.34. The fraction of sp³-hybridized carbons (Fsp3) is 0.417. The summed E-state index contributed by atoms with van der Waals surface area (Å²) in [7, 11) is 0. The highest BCUT2D eigenvalue weighted by atomic mass is 35.5. The van der Waals surface area contributed by atoms with Crippen LogP contribution in [0.1, 0.15) is 6.23 Å². The molecule has 0 bridgehead atoms. The number of halogens is 1. The zero-order valence-corrected chi connectivity index (χ0v) is 11.1. The van der Waals surface area contributed by atoms with Crippen molar-refractivity contribution in [3.05, 3.63) is 23.2 Å². The lowest BCUT2D eigenvalue weighted by Crippen LogP contribution is -2.33. The normalized spacial score (nSPS) is 30.2. The molecule has 4 atom stereocenters. The van der Waals surface area contributed by atoms with Crippen LogP contribution in [0.4, 0.5) is 5.95 Å². The van der Waals surface area contributed by atoms with Gasteiger partial charge in [0.15, 0.2) is 6.23 Å². The lowest BCUT2D eigenvalue weighted by molar-refractivity contribution is -0.0498. The quantitative estimate of drug-likeness (QED) is 0.615. The molecular weight excluding hydrogens is 286 g/mol. The fourth-order valence-electron chi connectivity index (χ4n) is 2.45. The first-order valence-corrected chi connectivity index (χ1v) is 6.46. The molecule has 2 heterocycles. The summed E-state index contributed by atoms with van der Waals surface area (Å²) in [6, 6.07) is 5.03. The van der Waals surface area contributed by atoms with E-state index in [2.05, 4.69) is 4.98 Å². The van der Waals surface area contributed by atoms with Crippen molar-refractivity contribution in [1.82, 2.24) is 9.55 Å². The van der Waals surface area contributed by atoms with E-state index in [4.69, 9.17) is 27.2 Å². The molecule has 7 nitrogen and oxygen atoms in total. The Kier molecular flexibility index (Phi) is 3.31. The Morgan fingerprint density at radius 1 is 1.35 bits per heavy atom. The van der Waals surface area contributed by atoms with E-state index in [0.717, 1.165) is 0 Å². The minimum absolute atomic E-state index is 0.136. The molecule has 1 fully saturated rings. The molecule has 5 N–H and O–H groups in total. The predicted molar refractivity (Wildman–Crippen MR) is 72.2 cm³/mol. The fourth-order valence-corrected chi connectivity index (χ4v) is 2.61. The second kappa shape index (κ2) is 4.87. The lowest BCUT2D eigenvalue weighted by Gasteiger charge is -2.18. The Hall–Kier alpha value is -1.38. The topological polar surface area (TPSA) is 114 Å². The molecule has 1 saturated heterocycles. The van der Waals surface area contributed by atoms with Gasteiger partial charge >= 0.3 is 0 Å². The van der Waals surface area contributed by atoms with Gasteiger partial charge in [-0.1, -0.05) is 11.6 Å². The zero-order valence-electron chi connectivity index (χ0n) is 10.3. The van der Waals surface area contributed by atoms with Crippen molar-refractivity contribution in [3.63, 3.8) is 0 Å². The molecule has 0 amide bonds. The van der Waals surface area contributed by atoms with Crippen molar-refractivity contribution in [2.45, 2.75) is 24.5 Å². The van der Waals surface area contributed by atoms with Gasteiger partial charge in [0.25, 0.3) is 0 Å². The van der Waals surface area contributed by atoms with Crippen LogP contribution in [-0.2, 0) is 4.74 Å². The molecule has 1 aromatic heterocycles. The predicted octanol–water partition coefficient (Wildman–Crippen LogP) is -0.117. The molecule has 0 unspecified atom stereocenters. The molecule has 108 valence electrons. The summed E-state index contributed by atoms with van der Waals surface area (Å²) in [6.07, 6.45) is -4.21. The highest BCUT2D eigenvalue weighted by Gasteiger charge is 2.44. The molecule has 1 aromatic carbocycles. The largest absolute Gasteiger partial charge is 0.394 e. The van der Waals surface area contributed by atoms with E-state index in [-0.39, 0.29) is 5.95 Å². The van der Waals surface area contributed by atoms with E-state index < -0.39 is 31.1 Å². The number of anilines is 1. The van der Waals surface area contributed by atoms with Gasteiger partial charge in [0.1, 0.15) is 18.3 Å². The van der Waals surface area contributed by atoms with E-state index >= 15 is 0 Å². The van der Waals surface area contributed by atoms with Gasteiger partial charge in [-0.2, -0.15) is 0 Å². The Balaban J connectivity index is 2.10. The van der Waals surface area contributed by atoms with Crippen LogP contribution >= 0.6 is 11.6 Å². The van der Waals surface area contributed by atoms with Gasteiger partial charge in [-0.3, -0.25) is 4.57 Å². The SMILES string of the molecule is Nc1nc2ccc(Cl)cc2n1[C@@H]1O[C@H](CO)[C@@H](O)[C@H]1O. The van der Waals surface area contributed by atoms with E-state index in [1.807, 2.05) is 0 Å². The Bertz CT molecular complexity index is 647. The molecule has 0 spiro atoms. The molecule has 0 aliphatic carbocycles. The molecule has 0 saturated carbocycles. The van der Waals surface area contributed by atoms with Crippen molar-refractivity contribution in [2.75, 3.05) is 12.3 Å². The average Bonchev–Trinajstić information content (AvgIpc) is 2.88. The monoisotopic (exact) mass is 299 g/mol. The number of hydrogen-bond donors (Lipinski definition) is 4. The number of rotatable bonds is 2. The molecule has 8 heteroatoms. The van der Waals surface area contributed by atoms with Crippen LogP contribution in [0.3, 0.4) is 0 Å². The molecule has 20 heavy (non-hydrogen) atoms. The van der Waals surface area contributed by atoms with Gasteiger partial charge in [0.2, 0.25) is 5.95 Å². The van der Waals surface area contributed by atoms with Crippen LogP contribution in [-0.4, -0.2) is 49.8 Å². The summed E-state index contributed by atoms with van der Waals surface area (Å²) in [4.78, 5) is 4.16. The number of benzene rings is 1. The van der Waals surface area contributed by atoms with Crippen molar-refractivity contribution >= 4 is 28.6 Å². The standard InChI is InChI=1S/C12H14ClN3O4/c13-5-1-2-6-7(3-5)16(12(14)15-6)11-10(19)9(18)8(4-17)20-11/h1-3,8-11,17-19H,4H2,(H2,14,15)/t8-,9-,10-,11-/m1/s1. The van der Waals surface area contributed by atoms with Gasteiger partial charge in [-0.15, -0.1) is 0 Å². The first-order chi connectivity index (χ1) is 9.52. The molecule has 3 rings (SSSR count). The van der Waals surface area contributed by atoms with Crippen molar-refractivity contribution in [3.8, 4) is 0 Å². The number of fused-ring (bicyclic) bond motifs is 1. The number of imidazole rings is 1. The molecule has 1 aliphatic heterocycles. The van der Waals surface area contributed by atoms with Crippen LogP contribution in [0, 0.1) is 0 Å². The van der Waals surface area contributed by atoms with Gasteiger partial charge in [0.05, 0.1) is 17.6 Å². The minimum atomic E-state index is -1.22. The highest BCUT2D eigenvalue weighted by molar-refractivity contribution is 6.31. The number of hydrogen-bond acceptors (Lipinski definition) is 6. The minimum Gasteiger partial charge on any atom is -0.394 e. The third kappa shape index (κ3) is 1.95.